The Morgan fingerprint density at radius 2 is 2.00 bits per heavy atom. The van der Waals surface area contributed by atoms with Crippen LogP contribution < -0.4 is 9.47 Å². The van der Waals surface area contributed by atoms with Gasteiger partial charge >= 0.3 is 5.97 Å². The summed E-state index contributed by atoms with van der Waals surface area (Å²) in [6.45, 7) is 1.32. The maximum absolute atomic E-state index is 12.3. The number of fused-ring (bicyclic) bond motifs is 1. The highest BCUT2D eigenvalue weighted by molar-refractivity contribution is 9.10. The Bertz CT molecular complexity index is 808. The maximum atomic E-state index is 12.3. The number of ketones is 1. The van der Waals surface area contributed by atoms with E-state index >= 15 is 0 Å². The highest BCUT2D eigenvalue weighted by atomic mass is 79.9. The Hall–Kier alpha value is -2.40. The van der Waals surface area contributed by atoms with Gasteiger partial charge in [-0.3, -0.25) is 9.59 Å². The largest absolute Gasteiger partial charge is 0.452 e. The first-order valence-corrected chi connectivity index (χ1v) is 7.35. The van der Waals surface area contributed by atoms with Gasteiger partial charge in [-0.25, -0.2) is 0 Å². The second-order valence-electron chi connectivity index (χ2n) is 4.71. The molecule has 1 aliphatic rings. The molecule has 0 aliphatic carbocycles. The molecular weight excluding hydrogens is 348 g/mol. The van der Waals surface area contributed by atoms with Gasteiger partial charge in [-0.2, -0.15) is 0 Å². The maximum Gasteiger partial charge on any atom is 0.308 e. The van der Waals surface area contributed by atoms with Gasteiger partial charge in [0, 0.05) is 17.5 Å². The van der Waals surface area contributed by atoms with Gasteiger partial charge in [-0.15, -0.1) is 0 Å². The van der Waals surface area contributed by atoms with Crippen molar-refractivity contribution in [2.75, 3.05) is 0 Å². The molecule has 0 aromatic heterocycles. The lowest BCUT2D eigenvalue weighted by Gasteiger charge is -2.03. The van der Waals surface area contributed by atoms with E-state index in [9.17, 15) is 9.59 Å². The molecule has 4 nitrogen and oxygen atoms in total. The number of carbonyl (C=O) groups excluding carboxylic acids is 2. The van der Waals surface area contributed by atoms with Crippen LogP contribution in [0.4, 0.5) is 0 Å². The fourth-order valence-corrected chi connectivity index (χ4v) is 2.53. The molecule has 1 heterocycles. The summed E-state index contributed by atoms with van der Waals surface area (Å²) in [5, 5.41) is 0. The zero-order chi connectivity index (χ0) is 15.7. The minimum Gasteiger partial charge on any atom is -0.452 e. The number of benzene rings is 2. The summed E-state index contributed by atoms with van der Waals surface area (Å²) in [4.78, 5) is 23.3. The van der Waals surface area contributed by atoms with Gasteiger partial charge in [0.25, 0.3) is 0 Å². The van der Waals surface area contributed by atoms with Crippen molar-refractivity contribution < 1.29 is 19.1 Å². The number of ether oxygens (including phenoxy) is 2. The third kappa shape index (κ3) is 2.80. The smallest absolute Gasteiger partial charge is 0.308 e. The number of esters is 1. The summed E-state index contributed by atoms with van der Waals surface area (Å²) in [5.74, 6) is 0.360. The number of Topliss-reactive ketones (excluding diaryl/α,β-unsaturated/α-hetero) is 1. The van der Waals surface area contributed by atoms with E-state index in [-0.39, 0.29) is 11.5 Å². The number of halogens is 1. The van der Waals surface area contributed by atoms with E-state index in [2.05, 4.69) is 15.9 Å². The van der Waals surface area contributed by atoms with E-state index in [1.165, 1.54) is 13.0 Å². The summed E-state index contributed by atoms with van der Waals surface area (Å²) in [7, 11) is 0. The quantitative estimate of drug-likeness (QED) is 0.462. The summed E-state index contributed by atoms with van der Waals surface area (Å²) < 4.78 is 11.5. The van der Waals surface area contributed by atoms with E-state index in [0.29, 0.717) is 17.1 Å². The second-order valence-corrected chi connectivity index (χ2v) is 5.57. The Balaban J connectivity index is 1.94. The van der Waals surface area contributed by atoms with E-state index in [4.69, 9.17) is 9.47 Å². The van der Waals surface area contributed by atoms with Crippen molar-refractivity contribution in [1.82, 2.24) is 0 Å². The molecule has 0 amide bonds. The standard InChI is InChI=1S/C17H11BrO4/c1-10(19)21-12-6-7-13-15(9-12)22-16(17(13)20)8-11-4-2-3-5-14(11)18/h2-9H,1H3. The zero-order valence-electron chi connectivity index (χ0n) is 11.6. The molecule has 5 heteroatoms. The van der Waals surface area contributed by atoms with Crippen LogP contribution in [0.1, 0.15) is 22.8 Å². The van der Waals surface area contributed by atoms with Gasteiger partial charge in [0.2, 0.25) is 5.78 Å². The van der Waals surface area contributed by atoms with E-state index < -0.39 is 5.97 Å². The first-order chi connectivity index (χ1) is 10.5. The van der Waals surface area contributed by atoms with Crippen LogP contribution in [0.2, 0.25) is 0 Å². The molecule has 0 atom stereocenters. The molecule has 0 saturated heterocycles. The number of allylic oxidation sites excluding steroid dienone is 1. The molecule has 0 fully saturated rings. The Kier molecular flexibility index (Phi) is 3.81. The third-order valence-corrected chi connectivity index (χ3v) is 3.82. The van der Waals surface area contributed by atoms with E-state index in [1.54, 1.807) is 18.2 Å². The first kappa shape index (κ1) is 14.5. The lowest BCUT2D eigenvalue weighted by atomic mass is 10.1. The Morgan fingerprint density at radius 1 is 1.23 bits per heavy atom. The van der Waals surface area contributed by atoms with Crippen molar-refractivity contribution in [3.63, 3.8) is 0 Å². The second kappa shape index (κ2) is 5.77. The number of rotatable bonds is 2. The van der Waals surface area contributed by atoms with Crippen LogP contribution in [0.15, 0.2) is 52.7 Å². The average molecular weight is 359 g/mol. The summed E-state index contributed by atoms with van der Waals surface area (Å²) >= 11 is 3.43. The highest BCUT2D eigenvalue weighted by Crippen LogP contribution is 2.35. The molecule has 3 rings (SSSR count). The molecule has 22 heavy (non-hydrogen) atoms. The van der Waals surface area contributed by atoms with Gasteiger partial charge in [0.15, 0.2) is 5.76 Å². The molecule has 0 N–H and O–H groups in total. The van der Waals surface area contributed by atoms with Crippen molar-refractivity contribution in [2.45, 2.75) is 6.92 Å². The fraction of sp³-hybridized carbons (Fsp3) is 0.0588. The molecule has 0 unspecified atom stereocenters. The number of hydrogen-bond acceptors (Lipinski definition) is 4. The molecule has 1 aliphatic heterocycles. The molecular formula is C17H11BrO4. The molecule has 0 spiro atoms. The Labute approximate surface area is 135 Å². The van der Waals surface area contributed by atoms with Crippen molar-refractivity contribution in [1.29, 1.82) is 0 Å². The van der Waals surface area contributed by atoms with Crippen LogP contribution in [0.3, 0.4) is 0 Å². The van der Waals surface area contributed by atoms with Gasteiger partial charge in [0.05, 0.1) is 5.56 Å². The highest BCUT2D eigenvalue weighted by Gasteiger charge is 2.28. The van der Waals surface area contributed by atoms with Gasteiger partial charge < -0.3 is 9.47 Å². The number of carbonyl (C=O) groups is 2. The average Bonchev–Trinajstić information content (AvgIpc) is 2.77. The number of hydrogen-bond donors (Lipinski definition) is 0. The monoisotopic (exact) mass is 358 g/mol. The van der Waals surface area contributed by atoms with Crippen molar-refractivity contribution in [2.24, 2.45) is 0 Å². The molecule has 0 radical (unpaired) electrons. The SMILES string of the molecule is CC(=O)Oc1ccc2c(c1)OC(=Cc1ccccc1Br)C2=O. The normalized spacial score (nSPS) is 14.6. The molecule has 0 saturated carbocycles. The predicted molar refractivity (Wildman–Crippen MR) is 84.8 cm³/mol. The van der Waals surface area contributed by atoms with Crippen molar-refractivity contribution in [3.05, 3.63) is 63.8 Å². The summed E-state index contributed by atoms with van der Waals surface area (Å²) in [5.41, 5.74) is 1.30. The lowest BCUT2D eigenvalue weighted by molar-refractivity contribution is -0.131. The minimum atomic E-state index is -0.423. The van der Waals surface area contributed by atoms with E-state index in [0.717, 1.165) is 10.0 Å². The van der Waals surface area contributed by atoms with Crippen LogP contribution in [-0.4, -0.2) is 11.8 Å². The lowest BCUT2D eigenvalue weighted by Crippen LogP contribution is -2.01. The van der Waals surface area contributed by atoms with Gasteiger partial charge in [-0.1, -0.05) is 34.1 Å². The molecule has 110 valence electrons. The summed E-state index contributed by atoms with van der Waals surface area (Å²) in [6.07, 6.45) is 1.68. The topological polar surface area (TPSA) is 52.6 Å². The summed E-state index contributed by atoms with van der Waals surface area (Å²) in [6, 6.07) is 12.2. The van der Waals surface area contributed by atoms with Crippen LogP contribution in [0.25, 0.3) is 6.08 Å². The van der Waals surface area contributed by atoms with Crippen molar-refractivity contribution in [3.8, 4) is 11.5 Å². The molecule has 0 bridgehead atoms. The zero-order valence-corrected chi connectivity index (χ0v) is 13.2. The van der Waals surface area contributed by atoms with E-state index in [1.807, 2.05) is 24.3 Å². The Morgan fingerprint density at radius 3 is 2.73 bits per heavy atom. The van der Waals surface area contributed by atoms with Crippen LogP contribution >= 0.6 is 15.9 Å². The minimum absolute atomic E-state index is 0.194. The van der Waals surface area contributed by atoms with Crippen LogP contribution in [0.5, 0.6) is 11.5 Å². The van der Waals surface area contributed by atoms with Crippen molar-refractivity contribution >= 4 is 33.8 Å². The van der Waals surface area contributed by atoms with Crippen LogP contribution in [0, 0.1) is 0 Å². The fourth-order valence-electron chi connectivity index (χ4n) is 2.13. The van der Waals surface area contributed by atoms with Crippen LogP contribution in [-0.2, 0) is 4.79 Å². The third-order valence-electron chi connectivity index (χ3n) is 3.09. The predicted octanol–water partition coefficient (Wildman–Crippen LogP) is 3.99. The molecule has 2 aromatic rings. The van der Waals surface area contributed by atoms with Gasteiger partial charge in [0.1, 0.15) is 11.5 Å². The van der Waals surface area contributed by atoms with Gasteiger partial charge in [-0.05, 0) is 29.8 Å². The first-order valence-electron chi connectivity index (χ1n) is 6.56. The molecule has 2 aromatic carbocycles.